The van der Waals surface area contributed by atoms with Crippen molar-refractivity contribution in [3.8, 4) is 0 Å². The highest BCUT2D eigenvalue weighted by molar-refractivity contribution is 6.32. The van der Waals surface area contributed by atoms with Crippen molar-refractivity contribution in [3.63, 3.8) is 0 Å². The minimum Gasteiger partial charge on any atom is -0.482 e. The molecule has 3 aliphatic rings. The highest BCUT2D eigenvalue weighted by atomic mass is 19.1. The van der Waals surface area contributed by atoms with Crippen LogP contribution in [-0.2, 0) is 9.53 Å². The summed E-state index contributed by atoms with van der Waals surface area (Å²) in [5.41, 5.74) is 2.89. The third kappa shape index (κ3) is 3.39. The van der Waals surface area contributed by atoms with E-state index in [1.54, 1.807) is 17.0 Å². The minimum atomic E-state index is -0.719. The van der Waals surface area contributed by atoms with Gasteiger partial charge in [0.2, 0.25) is 0 Å². The number of allylic oxidation sites excluding steroid dienone is 1. The van der Waals surface area contributed by atoms with Crippen LogP contribution >= 0.6 is 0 Å². The van der Waals surface area contributed by atoms with Crippen LogP contribution in [-0.4, -0.2) is 46.6 Å². The molecule has 0 saturated carbocycles. The molecular weight excluding hydrogens is 411 g/mol. The van der Waals surface area contributed by atoms with Crippen molar-refractivity contribution in [2.24, 2.45) is 0 Å². The maximum atomic E-state index is 13.8. The van der Waals surface area contributed by atoms with Gasteiger partial charge in [0, 0.05) is 35.5 Å². The highest BCUT2D eigenvalue weighted by Gasteiger charge is 2.38. The molecule has 0 spiro atoms. The molecule has 164 valence electrons. The first-order valence-corrected chi connectivity index (χ1v) is 10.6. The van der Waals surface area contributed by atoms with E-state index in [0.717, 1.165) is 11.1 Å². The Bertz CT molecular complexity index is 1200. The summed E-state index contributed by atoms with van der Waals surface area (Å²) in [6, 6.07) is 11.4. The quantitative estimate of drug-likeness (QED) is 0.708. The molecule has 6 nitrogen and oxygen atoms in total. The monoisotopic (exact) mass is 434 g/mol. The van der Waals surface area contributed by atoms with E-state index < -0.39 is 17.5 Å². The summed E-state index contributed by atoms with van der Waals surface area (Å²) < 4.78 is 20.0. The molecule has 2 aromatic rings. The van der Waals surface area contributed by atoms with E-state index in [4.69, 9.17) is 4.74 Å². The van der Waals surface area contributed by atoms with Crippen molar-refractivity contribution in [1.29, 1.82) is 0 Å². The van der Waals surface area contributed by atoms with Gasteiger partial charge in [-0.3, -0.25) is 9.59 Å². The number of likely N-dealkylation sites (tertiary alicyclic amines) is 1. The summed E-state index contributed by atoms with van der Waals surface area (Å²) in [7, 11) is 0. The first-order chi connectivity index (χ1) is 15.2. The van der Waals surface area contributed by atoms with E-state index in [0.29, 0.717) is 47.7 Å². The number of carbonyl (C=O) groups excluding carboxylic acids is 2. The zero-order chi connectivity index (χ0) is 22.6. The van der Waals surface area contributed by atoms with Gasteiger partial charge >= 0.3 is 0 Å². The first kappa shape index (κ1) is 20.5. The highest BCUT2D eigenvalue weighted by Crippen LogP contribution is 2.44. The summed E-state index contributed by atoms with van der Waals surface area (Å²) in [4.78, 5) is 26.9. The number of carbonyl (C=O) groups is 2. The summed E-state index contributed by atoms with van der Waals surface area (Å²) >= 11 is 0. The van der Waals surface area contributed by atoms with Crippen molar-refractivity contribution >= 4 is 28.6 Å². The number of rotatable bonds is 2. The van der Waals surface area contributed by atoms with Gasteiger partial charge in [0.1, 0.15) is 17.2 Å². The van der Waals surface area contributed by atoms with Crippen LogP contribution in [0.2, 0.25) is 0 Å². The number of benzene rings is 2. The van der Waals surface area contributed by atoms with Gasteiger partial charge in [0.25, 0.3) is 11.8 Å². The molecule has 32 heavy (non-hydrogen) atoms. The predicted octanol–water partition coefficient (Wildman–Crippen LogP) is 3.59. The number of hydrogen-bond donors (Lipinski definition) is 2. The average molecular weight is 434 g/mol. The molecule has 0 aliphatic carbocycles. The minimum absolute atomic E-state index is 0.104. The lowest BCUT2D eigenvalue weighted by molar-refractivity contribution is -0.111. The topological polar surface area (TPSA) is 78.9 Å². The molecule has 2 N–H and O–H groups in total. The second-order valence-corrected chi connectivity index (χ2v) is 8.82. The number of fused-ring (bicyclic) bond motifs is 1. The van der Waals surface area contributed by atoms with Gasteiger partial charge < -0.3 is 20.1 Å². The summed E-state index contributed by atoms with van der Waals surface area (Å²) in [6.07, 6.45) is 1.95. The molecule has 1 fully saturated rings. The van der Waals surface area contributed by atoms with E-state index in [9.17, 15) is 19.1 Å². The van der Waals surface area contributed by atoms with Crippen LogP contribution in [0, 0.1) is 5.82 Å². The Morgan fingerprint density at radius 1 is 1.22 bits per heavy atom. The molecule has 3 heterocycles. The summed E-state index contributed by atoms with van der Waals surface area (Å²) in [5.74, 6) is -0.473. The molecule has 0 radical (unpaired) electrons. The Labute approximate surface area is 185 Å². The SMILES string of the molecule is CC1(C)OC(=C2C(=O)Nc3ccc(F)cc32)C=C1c1ccc(C(=O)N2CCC(O)C2)cc1. The molecule has 1 unspecified atom stereocenters. The lowest BCUT2D eigenvalue weighted by atomic mass is 9.91. The van der Waals surface area contributed by atoms with Crippen LogP contribution in [0.4, 0.5) is 10.1 Å². The Morgan fingerprint density at radius 2 is 1.97 bits per heavy atom. The fourth-order valence-corrected chi connectivity index (χ4v) is 4.50. The number of ether oxygens (including phenoxy) is 1. The standard InChI is InChI=1S/C25H23FN2O4/c1-25(2)19(14-3-5-15(6-4-14)24(31)28-10-9-17(29)13-28)12-21(32-25)22-18-11-16(26)7-8-20(18)27-23(22)30/h3-8,11-12,17,29H,9-10,13H2,1-2H3,(H,27,30). The smallest absolute Gasteiger partial charge is 0.260 e. The lowest BCUT2D eigenvalue weighted by Crippen LogP contribution is -2.29. The van der Waals surface area contributed by atoms with Gasteiger partial charge in [-0.15, -0.1) is 0 Å². The van der Waals surface area contributed by atoms with Gasteiger partial charge in [0.05, 0.1) is 11.7 Å². The third-order valence-electron chi connectivity index (χ3n) is 6.16. The third-order valence-corrected chi connectivity index (χ3v) is 6.16. The largest absolute Gasteiger partial charge is 0.482 e. The van der Waals surface area contributed by atoms with E-state index in [1.165, 1.54) is 18.2 Å². The molecule has 3 aliphatic heterocycles. The Kier molecular flexibility index (Phi) is 4.67. The molecule has 0 bridgehead atoms. The fourth-order valence-electron chi connectivity index (χ4n) is 4.50. The number of anilines is 1. The number of nitrogens with zero attached hydrogens (tertiary/aromatic N) is 1. The van der Waals surface area contributed by atoms with Crippen LogP contribution in [0.5, 0.6) is 0 Å². The lowest BCUT2D eigenvalue weighted by Gasteiger charge is -2.23. The second kappa shape index (κ2) is 7.31. The molecule has 1 saturated heterocycles. The molecule has 7 heteroatoms. The van der Waals surface area contributed by atoms with Crippen molar-refractivity contribution in [1.82, 2.24) is 4.90 Å². The van der Waals surface area contributed by atoms with E-state index in [-0.39, 0.29) is 11.8 Å². The Morgan fingerprint density at radius 3 is 2.66 bits per heavy atom. The Hall–Kier alpha value is -3.45. The van der Waals surface area contributed by atoms with E-state index in [1.807, 2.05) is 32.1 Å². The average Bonchev–Trinajstić information content (AvgIpc) is 3.41. The summed E-state index contributed by atoms with van der Waals surface area (Å²) in [6.45, 7) is 4.70. The van der Waals surface area contributed by atoms with Crippen LogP contribution in [0.25, 0.3) is 11.1 Å². The van der Waals surface area contributed by atoms with Gasteiger partial charge in [0.15, 0.2) is 0 Å². The van der Waals surface area contributed by atoms with Crippen molar-refractivity contribution in [3.05, 3.63) is 76.8 Å². The van der Waals surface area contributed by atoms with Gasteiger partial charge in [-0.1, -0.05) is 12.1 Å². The van der Waals surface area contributed by atoms with Crippen molar-refractivity contribution in [2.75, 3.05) is 18.4 Å². The zero-order valence-electron chi connectivity index (χ0n) is 17.8. The molecule has 2 aromatic carbocycles. The van der Waals surface area contributed by atoms with E-state index in [2.05, 4.69) is 5.32 Å². The van der Waals surface area contributed by atoms with Gasteiger partial charge in [-0.25, -0.2) is 4.39 Å². The molecule has 0 aromatic heterocycles. The van der Waals surface area contributed by atoms with Gasteiger partial charge in [-0.05, 0) is 62.2 Å². The molecule has 1 atom stereocenters. The second-order valence-electron chi connectivity index (χ2n) is 8.82. The Balaban J connectivity index is 1.48. The van der Waals surface area contributed by atoms with Crippen LogP contribution in [0.15, 0.2) is 54.3 Å². The molecular formula is C25H23FN2O4. The van der Waals surface area contributed by atoms with Crippen LogP contribution < -0.4 is 5.32 Å². The number of aliphatic hydroxyl groups excluding tert-OH is 1. The maximum Gasteiger partial charge on any atom is 0.260 e. The number of hydrogen-bond acceptors (Lipinski definition) is 4. The number of nitrogens with one attached hydrogen (secondary N) is 1. The summed E-state index contributed by atoms with van der Waals surface area (Å²) in [5, 5.41) is 12.4. The normalized spacial score (nSPS) is 23.6. The number of amides is 2. The van der Waals surface area contributed by atoms with Gasteiger partial charge in [-0.2, -0.15) is 0 Å². The fraction of sp³-hybridized carbons (Fsp3) is 0.280. The number of halogens is 1. The number of β-amino-alcohol motifs (C(OH)–C–C–N with tert-alkyl or cyclic N) is 1. The zero-order valence-corrected chi connectivity index (χ0v) is 17.8. The van der Waals surface area contributed by atoms with E-state index >= 15 is 0 Å². The number of aliphatic hydroxyl groups is 1. The molecule has 5 rings (SSSR count). The van der Waals surface area contributed by atoms with Crippen molar-refractivity contribution < 1.29 is 23.8 Å². The van der Waals surface area contributed by atoms with Crippen LogP contribution in [0.1, 0.15) is 41.8 Å². The van der Waals surface area contributed by atoms with Crippen molar-refractivity contribution in [2.45, 2.75) is 32.0 Å². The maximum absolute atomic E-state index is 13.8. The van der Waals surface area contributed by atoms with Crippen LogP contribution in [0.3, 0.4) is 0 Å². The first-order valence-electron chi connectivity index (χ1n) is 10.6. The molecule has 2 amide bonds. The predicted molar refractivity (Wildman–Crippen MR) is 118 cm³/mol.